The summed E-state index contributed by atoms with van der Waals surface area (Å²) in [7, 11) is 1.61. The lowest BCUT2D eigenvalue weighted by Gasteiger charge is -2.39. The molecule has 202 valence electrons. The highest BCUT2D eigenvalue weighted by Gasteiger charge is 2.32. The maximum absolute atomic E-state index is 13.2. The molecule has 5 rings (SSSR count). The second-order valence-electron chi connectivity index (χ2n) is 10.3. The van der Waals surface area contributed by atoms with E-state index in [4.69, 9.17) is 4.74 Å². The maximum atomic E-state index is 13.2. The smallest absolute Gasteiger partial charge is 0.254 e. The molecule has 0 unspecified atom stereocenters. The number of carbonyl (C=O) groups excluding carboxylic acids is 3. The van der Waals surface area contributed by atoms with E-state index in [-0.39, 0.29) is 30.1 Å². The first kappa shape index (κ1) is 26.0. The molecule has 0 spiro atoms. The summed E-state index contributed by atoms with van der Waals surface area (Å²) in [4.78, 5) is 45.0. The molecule has 2 N–H and O–H groups in total. The van der Waals surface area contributed by atoms with Crippen molar-refractivity contribution in [2.75, 3.05) is 69.7 Å². The summed E-state index contributed by atoms with van der Waals surface area (Å²) < 4.78 is 5.21. The van der Waals surface area contributed by atoms with Crippen LogP contribution in [0.1, 0.15) is 35.2 Å². The van der Waals surface area contributed by atoms with E-state index >= 15 is 0 Å². The molecule has 0 radical (unpaired) electrons. The standard InChI is InChI=1S/C29H37N5O4/c1-38-24-8-5-21(6-9-24)19-27(35)31-25-20-23(29(37)33-13-11-30-12-14-33)7-10-26(25)32-15-17-34(18-16-32)28(36)22-3-2-4-22/h5-10,20,22,30H,2-4,11-19H2,1H3,(H,31,35). The highest BCUT2D eigenvalue weighted by Crippen LogP contribution is 2.31. The lowest BCUT2D eigenvalue weighted by molar-refractivity contribution is -0.138. The summed E-state index contributed by atoms with van der Waals surface area (Å²) in [5.74, 6) is 1.04. The largest absolute Gasteiger partial charge is 0.497 e. The van der Waals surface area contributed by atoms with Gasteiger partial charge in [-0.25, -0.2) is 0 Å². The SMILES string of the molecule is COc1ccc(CC(=O)Nc2cc(C(=O)N3CCNCC3)ccc2N2CCN(C(=O)C3CCC3)CC2)cc1. The van der Waals surface area contributed by atoms with E-state index in [1.54, 1.807) is 13.2 Å². The molecule has 2 aromatic rings. The van der Waals surface area contributed by atoms with Crippen molar-refractivity contribution in [3.8, 4) is 5.75 Å². The zero-order valence-electron chi connectivity index (χ0n) is 22.1. The Bertz CT molecular complexity index is 1150. The van der Waals surface area contributed by atoms with Crippen molar-refractivity contribution in [2.45, 2.75) is 25.7 Å². The van der Waals surface area contributed by atoms with E-state index in [9.17, 15) is 14.4 Å². The molecule has 9 heteroatoms. The van der Waals surface area contributed by atoms with E-state index in [0.717, 1.165) is 49.4 Å². The van der Waals surface area contributed by atoms with Gasteiger partial charge in [0.25, 0.3) is 5.91 Å². The van der Waals surface area contributed by atoms with E-state index in [1.165, 1.54) is 0 Å². The van der Waals surface area contributed by atoms with Crippen molar-refractivity contribution in [3.63, 3.8) is 0 Å². The van der Waals surface area contributed by atoms with Gasteiger partial charge in [-0.1, -0.05) is 18.6 Å². The normalized spacial score (nSPS) is 18.1. The van der Waals surface area contributed by atoms with Crippen LogP contribution >= 0.6 is 0 Å². The minimum absolute atomic E-state index is 0.0281. The van der Waals surface area contributed by atoms with Gasteiger partial charge < -0.3 is 30.1 Å². The summed E-state index contributed by atoms with van der Waals surface area (Å²) in [6.07, 6.45) is 3.37. The van der Waals surface area contributed by atoms with Gasteiger partial charge in [0.05, 0.1) is 24.9 Å². The van der Waals surface area contributed by atoms with E-state index in [2.05, 4.69) is 15.5 Å². The fourth-order valence-electron chi connectivity index (χ4n) is 5.30. The van der Waals surface area contributed by atoms with Crippen molar-refractivity contribution in [3.05, 3.63) is 53.6 Å². The zero-order chi connectivity index (χ0) is 26.5. The molecule has 1 aliphatic carbocycles. The van der Waals surface area contributed by atoms with Crippen molar-refractivity contribution in [1.82, 2.24) is 15.1 Å². The molecule has 38 heavy (non-hydrogen) atoms. The Hall–Kier alpha value is -3.59. The van der Waals surface area contributed by atoms with Crippen LogP contribution in [0.5, 0.6) is 5.75 Å². The molecule has 0 atom stereocenters. The number of hydrogen-bond donors (Lipinski definition) is 2. The molecular formula is C29H37N5O4. The average molecular weight is 520 g/mol. The lowest BCUT2D eigenvalue weighted by Crippen LogP contribution is -2.51. The van der Waals surface area contributed by atoms with Crippen molar-refractivity contribution in [1.29, 1.82) is 0 Å². The predicted molar refractivity (Wildman–Crippen MR) is 147 cm³/mol. The van der Waals surface area contributed by atoms with Crippen LogP contribution in [0.3, 0.4) is 0 Å². The average Bonchev–Trinajstić information content (AvgIpc) is 2.92. The van der Waals surface area contributed by atoms with Gasteiger partial charge in [-0.15, -0.1) is 0 Å². The third-order valence-corrected chi connectivity index (χ3v) is 7.83. The van der Waals surface area contributed by atoms with Gasteiger partial charge in [0.1, 0.15) is 5.75 Å². The van der Waals surface area contributed by atoms with Gasteiger partial charge in [-0.05, 0) is 48.7 Å². The summed E-state index contributed by atoms with van der Waals surface area (Å²) in [6, 6.07) is 13.0. The number of carbonyl (C=O) groups is 3. The second kappa shape index (κ2) is 11.9. The van der Waals surface area contributed by atoms with Crippen LogP contribution in [0, 0.1) is 5.92 Å². The first-order valence-electron chi connectivity index (χ1n) is 13.6. The molecule has 2 aliphatic heterocycles. The third-order valence-electron chi connectivity index (χ3n) is 7.83. The van der Waals surface area contributed by atoms with Gasteiger partial charge in [0.15, 0.2) is 0 Å². The monoisotopic (exact) mass is 519 g/mol. The van der Waals surface area contributed by atoms with Crippen LogP contribution in [0.25, 0.3) is 0 Å². The van der Waals surface area contributed by atoms with Crippen LogP contribution in [-0.4, -0.2) is 87.0 Å². The highest BCUT2D eigenvalue weighted by molar-refractivity contribution is 6.00. The first-order chi connectivity index (χ1) is 18.5. The molecule has 2 aromatic carbocycles. The van der Waals surface area contributed by atoms with Crippen molar-refractivity contribution in [2.24, 2.45) is 5.92 Å². The van der Waals surface area contributed by atoms with E-state index in [1.807, 2.05) is 46.2 Å². The van der Waals surface area contributed by atoms with Crippen LogP contribution in [0.15, 0.2) is 42.5 Å². The van der Waals surface area contributed by atoms with Gasteiger partial charge in [-0.2, -0.15) is 0 Å². The molecule has 3 aliphatic rings. The highest BCUT2D eigenvalue weighted by atomic mass is 16.5. The minimum atomic E-state index is -0.151. The van der Waals surface area contributed by atoms with Crippen LogP contribution in [0.4, 0.5) is 11.4 Å². The molecule has 9 nitrogen and oxygen atoms in total. The van der Waals surface area contributed by atoms with Gasteiger partial charge >= 0.3 is 0 Å². The zero-order valence-corrected chi connectivity index (χ0v) is 22.1. The number of amides is 3. The van der Waals surface area contributed by atoms with Gasteiger partial charge in [0, 0.05) is 63.8 Å². The number of nitrogens with zero attached hydrogens (tertiary/aromatic N) is 3. The summed E-state index contributed by atoms with van der Waals surface area (Å²) >= 11 is 0. The number of rotatable bonds is 7. The second-order valence-corrected chi connectivity index (χ2v) is 10.3. The molecule has 0 bridgehead atoms. The van der Waals surface area contributed by atoms with E-state index < -0.39 is 0 Å². The number of nitrogens with one attached hydrogen (secondary N) is 2. The molecular weight excluding hydrogens is 482 g/mol. The van der Waals surface area contributed by atoms with Gasteiger partial charge in [0.2, 0.25) is 11.8 Å². The Kier molecular flexibility index (Phi) is 8.12. The van der Waals surface area contributed by atoms with Crippen LogP contribution in [0.2, 0.25) is 0 Å². The Balaban J connectivity index is 1.32. The first-order valence-corrected chi connectivity index (χ1v) is 13.6. The van der Waals surface area contributed by atoms with Crippen LogP contribution < -0.4 is 20.3 Å². The quantitative estimate of drug-likeness (QED) is 0.584. The van der Waals surface area contributed by atoms with E-state index in [0.29, 0.717) is 50.5 Å². The number of hydrogen-bond acceptors (Lipinski definition) is 6. The topological polar surface area (TPSA) is 94.2 Å². The van der Waals surface area contributed by atoms with Crippen LogP contribution in [-0.2, 0) is 16.0 Å². The van der Waals surface area contributed by atoms with Gasteiger partial charge in [-0.3, -0.25) is 14.4 Å². The van der Waals surface area contributed by atoms with Crippen molar-refractivity contribution >= 4 is 29.1 Å². The fourth-order valence-corrected chi connectivity index (χ4v) is 5.30. The number of piperazine rings is 2. The summed E-state index contributed by atoms with van der Waals surface area (Å²) in [5, 5.41) is 6.35. The Morgan fingerprint density at radius 2 is 1.63 bits per heavy atom. The Morgan fingerprint density at radius 1 is 0.921 bits per heavy atom. The molecule has 1 saturated carbocycles. The molecule has 2 heterocycles. The number of benzene rings is 2. The molecule has 3 fully saturated rings. The molecule has 2 saturated heterocycles. The predicted octanol–water partition coefficient (Wildman–Crippen LogP) is 2.37. The molecule has 3 amide bonds. The summed E-state index contributed by atoms with van der Waals surface area (Å²) in [6.45, 7) is 5.58. The number of methoxy groups -OCH3 is 1. The Labute approximate surface area is 224 Å². The Morgan fingerprint density at radius 3 is 2.26 bits per heavy atom. The fraction of sp³-hybridized carbons (Fsp3) is 0.483. The third kappa shape index (κ3) is 5.93. The lowest BCUT2D eigenvalue weighted by atomic mass is 9.84. The summed E-state index contributed by atoms with van der Waals surface area (Å²) in [5.41, 5.74) is 2.94. The minimum Gasteiger partial charge on any atom is -0.497 e. The maximum Gasteiger partial charge on any atom is 0.254 e. The molecule has 0 aromatic heterocycles. The number of anilines is 2. The number of ether oxygens (including phenoxy) is 1. The van der Waals surface area contributed by atoms with Crippen molar-refractivity contribution < 1.29 is 19.1 Å².